The summed E-state index contributed by atoms with van der Waals surface area (Å²) in [7, 11) is 0.283. The van der Waals surface area contributed by atoms with Crippen LogP contribution in [0.5, 0.6) is 0 Å². The fourth-order valence-electron chi connectivity index (χ4n) is 3.94. The van der Waals surface area contributed by atoms with E-state index in [1.54, 1.807) is 14.0 Å². The van der Waals surface area contributed by atoms with Crippen LogP contribution >= 0.6 is 0 Å². The van der Waals surface area contributed by atoms with Gasteiger partial charge in [0.2, 0.25) is 0 Å². The van der Waals surface area contributed by atoms with E-state index in [-0.39, 0.29) is 33.9 Å². The maximum atomic E-state index is 2.49. The van der Waals surface area contributed by atoms with Gasteiger partial charge < -0.3 is 24.8 Å². The second-order valence-electron chi connectivity index (χ2n) is 7.07. The molecule has 0 heterocycles. The van der Waals surface area contributed by atoms with Crippen LogP contribution in [0, 0.1) is 0 Å². The number of hydrogen-bond acceptors (Lipinski definition) is 0. The number of allylic oxidation sites excluding steroid dienone is 1. The Hall–Kier alpha value is -1.31. The quantitative estimate of drug-likeness (QED) is 0.334. The number of rotatable bonds is 4. The van der Waals surface area contributed by atoms with E-state index in [0.29, 0.717) is 3.63 Å². The van der Waals surface area contributed by atoms with Crippen molar-refractivity contribution in [3.05, 3.63) is 112 Å². The van der Waals surface area contributed by atoms with Crippen LogP contribution in [0.3, 0.4) is 0 Å². The topological polar surface area (TPSA) is 0 Å². The minimum Gasteiger partial charge on any atom is -1.00 e. The van der Waals surface area contributed by atoms with Gasteiger partial charge in [0, 0.05) is 0 Å². The van der Waals surface area contributed by atoms with Crippen LogP contribution in [0.15, 0.2) is 84.9 Å². The van der Waals surface area contributed by atoms with Crippen LogP contribution in [0.1, 0.15) is 20.3 Å². The molecule has 0 saturated heterocycles. The Labute approximate surface area is 198 Å². The molecule has 1 atom stereocenters. The van der Waals surface area contributed by atoms with Crippen molar-refractivity contribution in [3.63, 3.8) is 0 Å². The van der Waals surface area contributed by atoms with E-state index in [0.717, 1.165) is 0 Å². The second-order valence-corrected chi connectivity index (χ2v) is 12.0. The van der Waals surface area contributed by atoms with Crippen molar-refractivity contribution in [2.24, 2.45) is 0 Å². The molecular weight excluding hydrogens is 490 g/mol. The summed E-state index contributed by atoms with van der Waals surface area (Å²) in [6.07, 6.45) is 7.30. The molecule has 2 aliphatic carbocycles. The van der Waals surface area contributed by atoms with Crippen molar-refractivity contribution < 1.29 is 48.0 Å². The van der Waals surface area contributed by atoms with Gasteiger partial charge in [-0.25, -0.2) is 0 Å². The summed E-state index contributed by atoms with van der Waals surface area (Å²) in [6.45, 7) is 0. The summed E-state index contributed by atoms with van der Waals surface area (Å²) in [4.78, 5) is 0. The molecule has 0 bridgehead atoms. The molecule has 0 fully saturated rings. The van der Waals surface area contributed by atoms with Gasteiger partial charge in [-0.05, 0) is 0 Å². The summed E-state index contributed by atoms with van der Waals surface area (Å²) in [5.74, 6) is 0. The van der Waals surface area contributed by atoms with Gasteiger partial charge in [-0.3, -0.25) is 0 Å². The Morgan fingerprint density at radius 2 is 1.52 bits per heavy atom. The molecule has 5 rings (SSSR count). The molecule has 142 valence electrons. The molecule has 29 heavy (non-hydrogen) atoms. The first-order chi connectivity index (χ1) is 13.4. The Morgan fingerprint density at radius 3 is 2.38 bits per heavy atom. The zero-order chi connectivity index (χ0) is 18.1. The smallest absolute Gasteiger partial charge is 1.00 e. The monoisotopic (exact) mass is 508 g/mol. The van der Waals surface area contributed by atoms with Gasteiger partial charge in [0.05, 0.1) is 0 Å². The van der Waals surface area contributed by atoms with Crippen LogP contribution in [0.25, 0.3) is 15.4 Å². The second kappa shape index (κ2) is 10.1. The minimum atomic E-state index is -0.761. The predicted molar refractivity (Wildman–Crippen MR) is 114 cm³/mol. The Bertz CT molecular complexity index is 1180. The van der Waals surface area contributed by atoms with E-state index < -0.39 is 23.2 Å². The average Bonchev–Trinajstić information content (AvgIpc) is 3.29. The van der Waals surface area contributed by atoms with Crippen LogP contribution in [-0.4, -0.2) is 14.3 Å². The molecule has 0 nitrogen and oxygen atoms in total. The third kappa shape index (κ3) is 4.72. The molecule has 3 aromatic carbocycles. The first-order valence-electron chi connectivity index (χ1n) is 9.48. The Kier molecular flexibility index (Phi) is 7.82. The van der Waals surface area contributed by atoms with E-state index in [1.807, 2.05) is 0 Å². The largest absolute Gasteiger partial charge is 1.00 e. The molecule has 0 aliphatic heterocycles. The van der Waals surface area contributed by atoms with E-state index >= 15 is 0 Å². The maximum absolute atomic E-state index is 2.49. The average molecular weight is 511 g/mol. The maximum Gasteiger partial charge on any atom is -1.00 e. The van der Waals surface area contributed by atoms with Gasteiger partial charge in [0.1, 0.15) is 0 Å². The zero-order valence-electron chi connectivity index (χ0n) is 15.9. The van der Waals surface area contributed by atoms with Gasteiger partial charge in [0.25, 0.3) is 0 Å². The normalized spacial score (nSPS) is 16.9. The third-order valence-electron chi connectivity index (χ3n) is 5.33. The number of halogens is 2. The van der Waals surface area contributed by atoms with Crippen LogP contribution in [0.2, 0.25) is 0 Å². The Morgan fingerprint density at radius 1 is 0.793 bits per heavy atom. The van der Waals surface area contributed by atoms with Crippen molar-refractivity contribution in [2.75, 3.05) is 0 Å². The number of fused-ring (bicyclic) bond motifs is 2. The zero-order valence-corrected chi connectivity index (χ0v) is 21.0. The van der Waals surface area contributed by atoms with Crippen LogP contribution in [0.4, 0.5) is 0 Å². The van der Waals surface area contributed by atoms with E-state index in [4.69, 9.17) is 0 Å². The van der Waals surface area contributed by atoms with E-state index in [1.165, 1.54) is 27.6 Å². The molecular formula is C25H20Cl2SiZr. The van der Waals surface area contributed by atoms with Gasteiger partial charge in [-0.2, -0.15) is 0 Å². The summed E-state index contributed by atoms with van der Waals surface area (Å²) in [5.41, 5.74) is 4.45. The van der Waals surface area contributed by atoms with Gasteiger partial charge in [-0.1, -0.05) is 0 Å². The first-order valence-corrected chi connectivity index (χ1v) is 13.5. The molecule has 0 radical (unpaired) electrons. The van der Waals surface area contributed by atoms with Crippen molar-refractivity contribution in [1.82, 2.24) is 0 Å². The molecule has 0 N–H and O–H groups in total. The van der Waals surface area contributed by atoms with Crippen LogP contribution in [-0.2, 0) is 29.3 Å². The van der Waals surface area contributed by atoms with Crippen molar-refractivity contribution in [1.29, 1.82) is 0 Å². The van der Waals surface area contributed by atoms with E-state index in [9.17, 15) is 0 Å². The molecule has 4 heteroatoms. The summed E-state index contributed by atoms with van der Waals surface area (Å²) < 4.78 is 2.41. The number of hydrogen-bond donors (Lipinski definition) is 0. The molecule has 1 unspecified atom stereocenters. The molecule has 0 saturated carbocycles. The Balaban J connectivity index is 0.00000120. The molecule has 2 aliphatic rings. The summed E-state index contributed by atoms with van der Waals surface area (Å²) >= 11 is -0.761. The first kappa shape index (κ1) is 22.4. The van der Waals surface area contributed by atoms with E-state index in [2.05, 4.69) is 97.1 Å². The van der Waals surface area contributed by atoms with Gasteiger partial charge in [0.15, 0.2) is 0 Å². The summed E-state index contributed by atoms with van der Waals surface area (Å²) in [6, 6.07) is 30.2. The molecule has 0 spiro atoms. The minimum absolute atomic E-state index is 0. The van der Waals surface area contributed by atoms with Gasteiger partial charge >= 0.3 is 175 Å². The molecule has 3 aromatic rings. The molecule has 0 aromatic heterocycles. The van der Waals surface area contributed by atoms with Crippen LogP contribution < -0.4 is 35.3 Å². The van der Waals surface area contributed by atoms with Crippen molar-refractivity contribution in [3.8, 4) is 0 Å². The van der Waals surface area contributed by atoms with Gasteiger partial charge in [-0.15, -0.1) is 0 Å². The predicted octanol–water partition coefficient (Wildman–Crippen LogP) is -2.74. The molecule has 0 amide bonds. The SMILES string of the molecule is C1=C[CH]([Zr+2][C]2=c3ccccc3=CC2=[SiH]Cc2ccccc2)c2ccccc21.[Cl-].[Cl-]. The third-order valence-corrected chi connectivity index (χ3v) is 11.7. The van der Waals surface area contributed by atoms with Crippen molar-refractivity contribution in [2.45, 2.75) is 9.67 Å². The van der Waals surface area contributed by atoms with Crippen molar-refractivity contribution >= 4 is 29.7 Å². The fourth-order valence-corrected chi connectivity index (χ4v) is 10.4. The standard InChI is InChI=1S/C16H13Si.C9H7.2ClH.Zr/c1-2-6-13(7-3-1)12-17-16-10-14-8-4-5-9-15(14)11-16;1-2-5-9-7-3-6-8(9)4-1;;;/h1-10,17H,12H2;1-7H;2*1H;/q;;;;+2/p-2. The number of benzene rings is 3. The summed E-state index contributed by atoms with van der Waals surface area (Å²) in [5, 5.41) is 4.64. The fraction of sp³-hybridized carbons (Fsp3) is 0.0800.